The molecule has 1 aliphatic rings. The van der Waals surface area contributed by atoms with Crippen LogP contribution in [0.4, 0.5) is 0 Å². The monoisotopic (exact) mass is 181 g/mol. The highest BCUT2D eigenvalue weighted by Crippen LogP contribution is 2.30. The smallest absolute Gasteiger partial charge is 0.143 e. The third-order valence-corrected chi connectivity index (χ3v) is 3.02. The number of aromatic nitrogens is 2. The van der Waals surface area contributed by atoms with E-state index in [0.717, 1.165) is 28.7 Å². The molecule has 0 radical (unpaired) electrons. The van der Waals surface area contributed by atoms with Gasteiger partial charge in [-0.2, -0.15) is 0 Å². The van der Waals surface area contributed by atoms with Crippen LogP contribution in [-0.4, -0.2) is 15.7 Å². The Hall–Kier alpha value is -0.610. The third-order valence-electron chi connectivity index (χ3n) is 2.00. The Kier molecular flexibility index (Phi) is 2.02. The van der Waals surface area contributed by atoms with Crippen LogP contribution in [0.1, 0.15) is 17.1 Å². The summed E-state index contributed by atoms with van der Waals surface area (Å²) in [4.78, 5) is 8.67. The quantitative estimate of drug-likeness (QED) is 0.654. The van der Waals surface area contributed by atoms with Crippen molar-refractivity contribution < 1.29 is 0 Å². The number of fused-ring (bicyclic) bond motifs is 1. The zero-order valence-corrected chi connectivity index (χ0v) is 7.82. The highest BCUT2D eigenvalue weighted by molar-refractivity contribution is 7.99. The fourth-order valence-corrected chi connectivity index (χ4v) is 2.47. The highest BCUT2D eigenvalue weighted by atomic mass is 32.2. The second-order valence-corrected chi connectivity index (χ2v) is 3.90. The number of rotatable bonds is 1. The molecule has 0 saturated heterocycles. The first-order valence-corrected chi connectivity index (χ1v) is 4.99. The third kappa shape index (κ3) is 1.21. The molecule has 2 heterocycles. The van der Waals surface area contributed by atoms with Crippen LogP contribution in [0.15, 0.2) is 5.03 Å². The molecular weight excluding hydrogens is 170 g/mol. The molecule has 0 fully saturated rings. The Labute approximate surface area is 75.8 Å². The van der Waals surface area contributed by atoms with Crippen LogP contribution >= 0.6 is 11.8 Å². The van der Waals surface area contributed by atoms with Gasteiger partial charge in [0.2, 0.25) is 0 Å². The van der Waals surface area contributed by atoms with Crippen molar-refractivity contribution in [3.8, 4) is 0 Å². The molecule has 0 aromatic carbocycles. The summed E-state index contributed by atoms with van der Waals surface area (Å²) in [5, 5.41) is 1.14. The molecule has 64 valence electrons. The fourth-order valence-electron chi connectivity index (χ4n) is 1.37. The zero-order valence-electron chi connectivity index (χ0n) is 7.00. The van der Waals surface area contributed by atoms with Gasteiger partial charge in [-0.05, 0) is 13.3 Å². The molecule has 0 bridgehead atoms. The molecule has 0 spiro atoms. The van der Waals surface area contributed by atoms with E-state index in [4.69, 9.17) is 5.73 Å². The molecule has 0 aliphatic carbocycles. The Bertz CT molecular complexity index is 311. The topological polar surface area (TPSA) is 51.8 Å². The van der Waals surface area contributed by atoms with Crippen LogP contribution in [0.3, 0.4) is 0 Å². The number of nitrogens with two attached hydrogens (primary N) is 1. The van der Waals surface area contributed by atoms with E-state index in [9.17, 15) is 0 Å². The predicted molar refractivity (Wildman–Crippen MR) is 49.1 cm³/mol. The fraction of sp³-hybridized carbons (Fsp3) is 0.500. The average molecular weight is 181 g/mol. The normalized spacial score (nSPS) is 14.8. The van der Waals surface area contributed by atoms with E-state index < -0.39 is 0 Å². The maximum atomic E-state index is 5.48. The van der Waals surface area contributed by atoms with Crippen molar-refractivity contribution in [3.63, 3.8) is 0 Å². The Morgan fingerprint density at radius 3 is 3.08 bits per heavy atom. The van der Waals surface area contributed by atoms with Gasteiger partial charge in [0.25, 0.3) is 0 Å². The Morgan fingerprint density at radius 1 is 1.50 bits per heavy atom. The van der Waals surface area contributed by atoms with Gasteiger partial charge in [-0.3, -0.25) is 0 Å². The molecule has 12 heavy (non-hydrogen) atoms. The van der Waals surface area contributed by atoms with Crippen molar-refractivity contribution in [2.45, 2.75) is 24.9 Å². The number of hydrogen-bond donors (Lipinski definition) is 1. The summed E-state index contributed by atoms with van der Waals surface area (Å²) in [5.41, 5.74) is 7.90. The van der Waals surface area contributed by atoms with Crippen LogP contribution in [0, 0.1) is 6.92 Å². The Morgan fingerprint density at radius 2 is 2.33 bits per heavy atom. The van der Waals surface area contributed by atoms with Gasteiger partial charge in [-0.25, -0.2) is 9.97 Å². The first-order chi connectivity index (χ1) is 5.81. The number of nitrogens with zero attached hydrogens (tertiary/aromatic N) is 2. The van der Waals surface area contributed by atoms with Crippen molar-refractivity contribution in [3.05, 3.63) is 17.1 Å². The molecule has 1 aromatic rings. The predicted octanol–water partition coefficient (Wildman–Crippen LogP) is 0.892. The maximum absolute atomic E-state index is 5.48. The van der Waals surface area contributed by atoms with Crippen LogP contribution in [0.2, 0.25) is 0 Å². The summed E-state index contributed by atoms with van der Waals surface area (Å²) < 4.78 is 0. The first-order valence-electron chi connectivity index (χ1n) is 4.00. The highest BCUT2D eigenvalue weighted by Gasteiger charge is 2.16. The lowest BCUT2D eigenvalue weighted by atomic mass is 10.2. The molecular formula is C8H11N3S. The Balaban J connectivity index is 2.51. The van der Waals surface area contributed by atoms with Crippen LogP contribution < -0.4 is 5.73 Å². The van der Waals surface area contributed by atoms with E-state index in [1.165, 1.54) is 5.56 Å². The minimum Gasteiger partial charge on any atom is -0.324 e. The van der Waals surface area contributed by atoms with Gasteiger partial charge >= 0.3 is 0 Å². The van der Waals surface area contributed by atoms with Crippen LogP contribution in [0.25, 0.3) is 0 Å². The summed E-state index contributed by atoms with van der Waals surface area (Å²) in [6, 6.07) is 0. The van der Waals surface area contributed by atoms with E-state index >= 15 is 0 Å². The first kappa shape index (κ1) is 8.01. The standard InChI is InChI=1S/C8H11N3S/c1-5-6-2-3-12-8(6)11-7(4-9)10-5/h2-4,9H2,1H3. The van der Waals surface area contributed by atoms with E-state index in [2.05, 4.69) is 9.97 Å². The largest absolute Gasteiger partial charge is 0.324 e. The maximum Gasteiger partial charge on any atom is 0.143 e. The van der Waals surface area contributed by atoms with E-state index in [1.807, 2.05) is 6.92 Å². The SMILES string of the molecule is Cc1nc(CN)nc2c1CCS2. The number of thioether (sulfide) groups is 1. The van der Waals surface area contributed by atoms with Crippen molar-refractivity contribution in [2.24, 2.45) is 5.73 Å². The molecule has 1 aliphatic heterocycles. The van der Waals surface area contributed by atoms with Gasteiger partial charge in [0.15, 0.2) is 0 Å². The van der Waals surface area contributed by atoms with E-state index in [-0.39, 0.29) is 0 Å². The van der Waals surface area contributed by atoms with Gasteiger partial charge in [0, 0.05) is 17.0 Å². The molecule has 0 saturated carbocycles. The minimum atomic E-state index is 0.439. The molecule has 0 atom stereocenters. The van der Waals surface area contributed by atoms with Crippen molar-refractivity contribution >= 4 is 11.8 Å². The molecule has 0 unspecified atom stereocenters. The van der Waals surface area contributed by atoms with Crippen molar-refractivity contribution in [1.29, 1.82) is 0 Å². The number of aryl methyl sites for hydroxylation is 1. The van der Waals surface area contributed by atoms with Gasteiger partial charge in [-0.15, -0.1) is 11.8 Å². The van der Waals surface area contributed by atoms with Crippen molar-refractivity contribution in [2.75, 3.05) is 5.75 Å². The van der Waals surface area contributed by atoms with Gasteiger partial charge in [-0.1, -0.05) is 0 Å². The second-order valence-electron chi connectivity index (χ2n) is 2.81. The summed E-state index contributed by atoms with van der Waals surface area (Å²) in [6.45, 7) is 2.47. The summed E-state index contributed by atoms with van der Waals surface area (Å²) in [6.07, 6.45) is 1.11. The molecule has 4 heteroatoms. The molecule has 3 nitrogen and oxygen atoms in total. The number of hydrogen-bond acceptors (Lipinski definition) is 4. The summed E-state index contributed by atoms with van der Waals surface area (Å²) >= 11 is 1.80. The summed E-state index contributed by atoms with van der Waals surface area (Å²) in [5.74, 6) is 1.90. The van der Waals surface area contributed by atoms with E-state index in [1.54, 1.807) is 11.8 Å². The zero-order chi connectivity index (χ0) is 8.55. The van der Waals surface area contributed by atoms with Gasteiger partial charge < -0.3 is 5.73 Å². The molecule has 2 N–H and O–H groups in total. The molecule has 0 amide bonds. The lowest BCUT2D eigenvalue weighted by molar-refractivity contribution is 0.827. The average Bonchev–Trinajstić information content (AvgIpc) is 2.52. The second kappa shape index (κ2) is 3.03. The lowest BCUT2D eigenvalue weighted by Crippen LogP contribution is -2.06. The molecule has 2 rings (SSSR count). The van der Waals surface area contributed by atoms with Crippen LogP contribution in [-0.2, 0) is 13.0 Å². The van der Waals surface area contributed by atoms with E-state index in [0.29, 0.717) is 6.54 Å². The summed E-state index contributed by atoms with van der Waals surface area (Å²) in [7, 11) is 0. The van der Waals surface area contributed by atoms with Gasteiger partial charge in [0.05, 0.1) is 6.54 Å². The van der Waals surface area contributed by atoms with Gasteiger partial charge in [0.1, 0.15) is 10.9 Å². The lowest BCUT2D eigenvalue weighted by Gasteiger charge is -2.03. The van der Waals surface area contributed by atoms with Crippen LogP contribution in [0.5, 0.6) is 0 Å². The minimum absolute atomic E-state index is 0.439. The van der Waals surface area contributed by atoms with Crippen molar-refractivity contribution in [1.82, 2.24) is 9.97 Å². The molecule has 1 aromatic heterocycles.